The van der Waals surface area contributed by atoms with Gasteiger partial charge in [0.1, 0.15) is 0 Å². The summed E-state index contributed by atoms with van der Waals surface area (Å²) in [5.41, 5.74) is 2.82. The van der Waals surface area contributed by atoms with Crippen molar-refractivity contribution < 1.29 is 0 Å². The number of nitrogens with zero attached hydrogens (tertiary/aromatic N) is 2. The number of benzene rings is 2. The van der Waals surface area contributed by atoms with E-state index >= 15 is 0 Å². The molecule has 2 nitrogen and oxygen atoms in total. The highest BCUT2D eigenvalue weighted by atomic mass is 32.2. The molecule has 0 aliphatic carbocycles. The minimum atomic E-state index is 0.475. The zero-order chi connectivity index (χ0) is 15.4. The minimum Gasteiger partial charge on any atom is -0.363 e. The molecule has 0 radical (unpaired) electrons. The third-order valence-corrected chi connectivity index (χ3v) is 5.27. The zero-order valence-corrected chi connectivity index (χ0v) is 14.2. The zero-order valence-electron chi connectivity index (χ0n) is 13.4. The van der Waals surface area contributed by atoms with Crippen molar-refractivity contribution in [2.24, 2.45) is 0 Å². The van der Waals surface area contributed by atoms with Crippen molar-refractivity contribution in [1.29, 1.82) is 0 Å². The first kappa shape index (κ1) is 15.4. The summed E-state index contributed by atoms with van der Waals surface area (Å²) in [6.07, 6.45) is 1.19. The van der Waals surface area contributed by atoms with Crippen molar-refractivity contribution in [3.8, 4) is 0 Å². The predicted molar refractivity (Wildman–Crippen MR) is 96.9 cm³/mol. The molecular weight excluding hydrogens is 288 g/mol. The number of fused-ring (bicyclic) bond motifs is 1. The van der Waals surface area contributed by atoms with Gasteiger partial charge in [-0.1, -0.05) is 42.5 Å². The standard InChI is InChI=1S/C19H24N2S/c1-20(2)13-8-14-21-17-11-6-7-12-19(17)22-15-18(21)16-9-4-3-5-10-16/h3-7,9-12,18H,8,13-15H2,1-2H3. The third kappa shape index (κ3) is 3.47. The van der Waals surface area contributed by atoms with E-state index in [9.17, 15) is 0 Å². The average molecular weight is 312 g/mol. The van der Waals surface area contributed by atoms with Crippen molar-refractivity contribution in [2.45, 2.75) is 17.4 Å². The number of anilines is 1. The van der Waals surface area contributed by atoms with Gasteiger partial charge in [-0.15, -0.1) is 11.8 Å². The Balaban J connectivity index is 1.86. The molecule has 0 aromatic heterocycles. The first-order chi connectivity index (χ1) is 10.8. The summed E-state index contributed by atoms with van der Waals surface area (Å²) in [7, 11) is 4.30. The molecule has 116 valence electrons. The lowest BCUT2D eigenvalue weighted by Crippen LogP contribution is -2.35. The van der Waals surface area contributed by atoms with Crippen LogP contribution in [0.25, 0.3) is 0 Å². The van der Waals surface area contributed by atoms with Crippen molar-refractivity contribution in [3.63, 3.8) is 0 Å². The smallest absolute Gasteiger partial charge is 0.0636 e. The molecule has 0 fully saturated rings. The first-order valence-electron chi connectivity index (χ1n) is 7.94. The van der Waals surface area contributed by atoms with Crippen LogP contribution in [0.4, 0.5) is 5.69 Å². The van der Waals surface area contributed by atoms with Gasteiger partial charge >= 0.3 is 0 Å². The van der Waals surface area contributed by atoms with E-state index in [1.807, 2.05) is 11.8 Å². The summed E-state index contributed by atoms with van der Waals surface area (Å²) in [6.45, 7) is 2.24. The van der Waals surface area contributed by atoms with E-state index in [0.717, 1.165) is 18.8 Å². The maximum atomic E-state index is 2.60. The third-order valence-electron chi connectivity index (χ3n) is 4.14. The highest BCUT2D eigenvalue weighted by molar-refractivity contribution is 7.99. The molecule has 0 amide bonds. The fraction of sp³-hybridized carbons (Fsp3) is 0.368. The number of hydrogen-bond donors (Lipinski definition) is 0. The number of rotatable bonds is 5. The van der Waals surface area contributed by atoms with Gasteiger partial charge in [0.15, 0.2) is 0 Å². The molecule has 22 heavy (non-hydrogen) atoms. The lowest BCUT2D eigenvalue weighted by Gasteiger charge is -2.39. The van der Waals surface area contributed by atoms with Crippen LogP contribution >= 0.6 is 11.8 Å². The molecule has 1 unspecified atom stereocenters. The van der Waals surface area contributed by atoms with Crippen LogP contribution in [-0.4, -0.2) is 37.8 Å². The SMILES string of the molecule is CN(C)CCCN1c2ccccc2SCC1c1ccccc1. The van der Waals surface area contributed by atoms with E-state index in [1.165, 1.54) is 22.6 Å². The van der Waals surface area contributed by atoms with Gasteiger partial charge < -0.3 is 9.80 Å². The summed E-state index contributed by atoms with van der Waals surface area (Å²) in [5, 5.41) is 0. The van der Waals surface area contributed by atoms with Crippen molar-refractivity contribution in [3.05, 3.63) is 60.2 Å². The van der Waals surface area contributed by atoms with Gasteiger partial charge in [0.25, 0.3) is 0 Å². The Hall–Kier alpha value is -1.45. The molecule has 2 aromatic rings. The predicted octanol–water partition coefficient (Wildman–Crippen LogP) is 4.29. The fourth-order valence-corrected chi connectivity index (χ4v) is 4.25. The summed E-state index contributed by atoms with van der Waals surface area (Å²) in [4.78, 5) is 6.28. The number of hydrogen-bond acceptors (Lipinski definition) is 3. The van der Waals surface area contributed by atoms with E-state index in [-0.39, 0.29) is 0 Å². The van der Waals surface area contributed by atoms with Crippen molar-refractivity contribution in [1.82, 2.24) is 4.90 Å². The summed E-state index contributed by atoms with van der Waals surface area (Å²) >= 11 is 1.98. The Kier molecular flexibility index (Phi) is 5.06. The lowest BCUT2D eigenvalue weighted by molar-refractivity contribution is 0.397. The fourth-order valence-electron chi connectivity index (χ4n) is 3.03. The maximum Gasteiger partial charge on any atom is 0.0636 e. The summed E-state index contributed by atoms with van der Waals surface area (Å²) in [5.74, 6) is 1.13. The van der Waals surface area contributed by atoms with Crippen LogP contribution in [0.2, 0.25) is 0 Å². The minimum absolute atomic E-state index is 0.475. The Morgan fingerprint density at radius 2 is 1.77 bits per heavy atom. The van der Waals surface area contributed by atoms with Gasteiger partial charge in [-0.25, -0.2) is 0 Å². The van der Waals surface area contributed by atoms with Crippen LogP contribution in [0.5, 0.6) is 0 Å². The number of para-hydroxylation sites is 1. The summed E-state index contributed by atoms with van der Waals surface area (Å²) < 4.78 is 0. The van der Waals surface area contributed by atoms with E-state index in [0.29, 0.717) is 6.04 Å². The van der Waals surface area contributed by atoms with Gasteiger partial charge in [-0.3, -0.25) is 0 Å². The van der Waals surface area contributed by atoms with E-state index in [4.69, 9.17) is 0 Å². The second kappa shape index (κ2) is 7.21. The molecule has 0 saturated heterocycles. The van der Waals surface area contributed by atoms with Crippen molar-refractivity contribution >= 4 is 17.4 Å². The Labute approximate surface area is 138 Å². The van der Waals surface area contributed by atoms with Gasteiger partial charge in [0.05, 0.1) is 11.7 Å². The molecule has 0 saturated carbocycles. The molecule has 1 atom stereocenters. The molecular formula is C19H24N2S. The highest BCUT2D eigenvalue weighted by Gasteiger charge is 2.27. The van der Waals surface area contributed by atoms with Crippen LogP contribution < -0.4 is 4.90 Å². The van der Waals surface area contributed by atoms with Crippen molar-refractivity contribution in [2.75, 3.05) is 37.8 Å². The average Bonchev–Trinajstić information content (AvgIpc) is 2.55. The molecule has 2 aromatic carbocycles. The maximum absolute atomic E-state index is 2.60. The van der Waals surface area contributed by atoms with Crippen LogP contribution in [0.3, 0.4) is 0 Å². The van der Waals surface area contributed by atoms with Crippen LogP contribution in [0.1, 0.15) is 18.0 Å². The highest BCUT2D eigenvalue weighted by Crippen LogP contribution is 2.42. The largest absolute Gasteiger partial charge is 0.363 e. The molecule has 1 aliphatic heterocycles. The van der Waals surface area contributed by atoms with Gasteiger partial charge in [0.2, 0.25) is 0 Å². The lowest BCUT2D eigenvalue weighted by atomic mass is 10.1. The topological polar surface area (TPSA) is 6.48 Å². The van der Waals surface area contributed by atoms with Gasteiger partial charge in [-0.2, -0.15) is 0 Å². The molecule has 0 spiro atoms. The Bertz CT molecular complexity index is 597. The normalized spacial score (nSPS) is 17.6. The Morgan fingerprint density at radius 3 is 2.55 bits per heavy atom. The first-order valence-corrected chi connectivity index (χ1v) is 8.92. The quantitative estimate of drug-likeness (QED) is 0.813. The van der Waals surface area contributed by atoms with Crippen LogP contribution in [0, 0.1) is 0 Å². The van der Waals surface area contributed by atoms with Crippen LogP contribution in [-0.2, 0) is 0 Å². The number of thioether (sulfide) groups is 1. The van der Waals surface area contributed by atoms with Crippen LogP contribution in [0.15, 0.2) is 59.5 Å². The summed E-state index contributed by atoms with van der Waals surface area (Å²) in [6, 6.07) is 20.2. The second-order valence-electron chi connectivity index (χ2n) is 6.06. The second-order valence-corrected chi connectivity index (χ2v) is 7.12. The molecule has 1 aliphatic rings. The molecule has 0 bridgehead atoms. The van der Waals surface area contributed by atoms with Gasteiger partial charge in [-0.05, 0) is 44.8 Å². The molecule has 3 rings (SSSR count). The van der Waals surface area contributed by atoms with Gasteiger partial charge in [0, 0.05) is 17.2 Å². The van der Waals surface area contributed by atoms with E-state index < -0.39 is 0 Å². The molecule has 1 heterocycles. The van der Waals surface area contributed by atoms with E-state index in [1.54, 1.807) is 0 Å². The molecule has 0 N–H and O–H groups in total. The van der Waals surface area contributed by atoms with E-state index in [2.05, 4.69) is 78.5 Å². The monoisotopic (exact) mass is 312 g/mol. The Morgan fingerprint density at radius 1 is 1.05 bits per heavy atom. The molecule has 3 heteroatoms.